The number of hydrogen-bond donors (Lipinski definition) is 3. The molecule has 1 saturated heterocycles. The van der Waals surface area contributed by atoms with Gasteiger partial charge in [-0.05, 0) is 30.0 Å². The zero-order chi connectivity index (χ0) is 12.0. The topological polar surface area (TPSA) is 67.2 Å². The first-order valence-electron chi connectivity index (χ1n) is 5.73. The third kappa shape index (κ3) is 1.87. The van der Waals surface area contributed by atoms with Crippen LogP contribution in [0.2, 0.25) is 5.02 Å². The maximum Gasteiger partial charge on any atom is 0.250 e. The molecule has 1 amide bonds. The fraction of sp³-hybridized carbons (Fsp3) is 0.417. The normalized spacial score (nSPS) is 29.8. The minimum Gasteiger partial charge on any atom is -0.381 e. The van der Waals surface area contributed by atoms with Gasteiger partial charge in [0.1, 0.15) is 0 Å². The molecule has 0 spiro atoms. The number of halogens is 1. The number of nitrogens with two attached hydrogens (primary N) is 1. The highest BCUT2D eigenvalue weighted by molar-refractivity contribution is 6.31. The standard InChI is InChI=1S/C12H14ClN3O/c13-6-1-2-7(12(14)17)10(3-6)16-11-8-4-15-5-9(8)11/h1-3,8-9,11,15-16H,4-5H2,(H2,14,17). The van der Waals surface area contributed by atoms with Gasteiger partial charge in [0.15, 0.2) is 0 Å². The van der Waals surface area contributed by atoms with Gasteiger partial charge in [0.2, 0.25) is 0 Å². The minimum atomic E-state index is -0.423. The number of anilines is 1. The molecule has 1 saturated carbocycles. The zero-order valence-electron chi connectivity index (χ0n) is 9.24. The number of piperidine rings is 1. The van der Waals surface area contributed by atoms with Crippen molar-refractivity contribution in [1.29, 1.82) is 0 Å². The summed E-state index contributed by atoms with van der Waals surface area (Å²) in [5.41, 5.74) is 6.60. The van der Waals surface area contributed by atoms with Crippen LogP contribution in [0.3, 0.4) is 0 Å². The molecule has 5 heteroatoms. The largest absolute Gasteiger partial charge is 0.381 e. The quantitative estimate of drug-likeness (QED) is 0.753. The highest BCUT2D eigenvalue weighted by Gasteiger charge is 2.53. The number of carbonyl (C=O) groups is 1. The van der Waals surface area contributed by atoms with Gasteiger partial charge < -0.3 is 16.4 Å². The molecule has 1 heterocycles. The number of benzene rings is 1. The molecule has 4 N–H and O–H groups in total. The van der Waals surface area contributed by atoms with Crippen molar-refractivity contribution in [3.05, 3.63) is 28.8 Å². The molecule has 2 fully saturated rings. The van der Waals surface area contributed by atoms with Crippen LogP contribution in [0.1, 0.15) is 10.4 Å². The van der Waals surface area contributed by atoms with Gasteiger partial charge in [0.05, 0.1) is 5.56 Å². The van der Waals surface area contributed by atoms with Crippen molar-refractivity contribution in [3.63, 3.8) is 0 Å². The van der Waals surface area contributed by atoms with E-state index < -0.39 is 5.91 Å². The third-order valence-corrected chi connectivity index (χ3v) is 3.90. The maximum atomic E-state index is 11.3. The monoisotopic (exact) mass is 251 g/mol. The Morgan fingerprint density at radius 1 is 1.41 bits per heavy atom. The summed E-state index contributed by atoms with van der Waals surface area (Å²) >= 11 is 5.94. The fourth-order valence-electron chi connectivity index (χ4n) is 2.66. The van der Waals surface area contributed by atoms with Gasteiger partial charge in [0.25, 0.3) is 5.91 Å². The lowest BCUT2D eigenvalue weighted by molar-refractivity contribution is 0.100. The van der Waals surface area contributed by atoms with E-state index >= 15 is 0 Å². The summed E-state index contributed by atoms with van der Waals surface area (Å²) < 4.78 is 0. The van der Waals surface area contributed by atoms with E-state index in [4.69, 9.17) is 17.3 Å². The highest BCUT2D eigenvalue weighted by atomic mass is 35.5. The Kier molecular flexibility index (Phi) is 2.49. The zero-order valence-corrected chi connectivity index (χ0v) is 10.00. The smallest absolute Gasteiger partial charge is 0.250 e. The number of hydrogen-bond acceptors (Lipinski definition) is 3. The van der Waals surface area contributed by atoms with Gasteiger partial charge in [-0.15, -0.1) is 0 Å². The fourth-order valence-corrected chi connectivity index (χ4v) is 2.83. The molecule has 90 valence electrons. The van der Waals surface area contributed by atoms with Crippen molar-refractivity contribution < 1.29 is 4.79 Å². The van der Waals surface area contributed by atoms with Crippen molar-refractivity contribution in [2.75, 3.05) is 18.4 Å². The van der Waals surface area contributed by atoms with Crippen molar-refractivity contribution in [2.24, 2.45) is 17.6 Å². The van der Waals surface area contributed by atoms with Crippen LogP contribution in [-0.2, 0) is 0 Å². The van der Waals surface area contributed by atoms with Gasteiger partial charge in [-0.1, -0.05) is 11.6 Å². The predicted molar refractivity (Wildman–Crippen MR) is 67.2 cm³/mol. The van der Waals surface area contributed by atoms with Crippen LogP contribution in [0.5, 0.6) is 0 Å². The van der Waals surface area contributed by atoms with E-state index in [2.05, 4.69) is 10.6 Å². The summed E-state index contributed by atoms with van der Waals surface area (Å²) in [5, 5.41) is 7.32. The molecule has 2 unspecified atom stereocenters. The Bertz CT molecular complexity index is 467. The lowest BCUT2D eigenvalue weighted by Crippen LogP contribution is -2.23. The van der Waals surface area contributed by atoms with E-state index in [9.17, 15) is 4.79 Å². The second-order valence-corrected chi connectivity index (χ2v) is 5.15. The first-order valence-corrected chi connectivity index (χ1v) is 6.11. The summed E-state index contributed by atoms with van der Waals surface area (Å²) in [5.74, 6) is 0.928. The molecule has 0 radical (unpaired) electrons. The van der Waals surface area contributed by atoms with Gasteiger partial charge in [-0.2, -0.15) is 0 Å². The molecular weight excluding hydrogens is 238 g/mol. The average Bonchev–Trinajstić information content (AvgIpc) is 2.74. The molecule has 4 nitrogen and oxygen atoms in total. The number of rotatable bonds is 3. The predicted octanol–water partition coefficient (Wildman–Crippen LogP) is 1.07. The maximum absolute atomic E-state index is 11.3. The summed E-state index contributed by atoms with van der Waals surface area (Å²) in [7, 11) is 0. The lowest BCUT2D eigenvalue weighted by atomic mass is 10.1. The Hall–Kier alpha value is -1.26. The lowest BCUT2D eigenvalue weighted by Gasteiger charge is -2.12. The first kappa shape index (κ1) is 10.9. The molecule has 2 aliphatic rings. The second kappa shape index (κ2) is 3.89. The molecule has 1 aromatic carbocycles. The molecule has 17 heavy (non-hydrogen) atoms. The van der Waals surface area contributed by atoms with Crippen LogP contribution in [0.4, 0.5) is 5.69 Å². The van der Waals surface area contributed by atoms with Gasteiger partial charge in [0, 0.05) is 29.8 Å². The van der Waals surface area contributed by atoms with E-state index in [1.165, 1.54) is 0 Å². The summed E-state index contributed by atoms with van der Waals surface area (Å²) in [4.78, 5) is 11.3. The molecule has 1 aliphatic heterocycles. The molecule has 1 aromatic rings. The molecule has 1 aliphatic carbocycles. The summed E-state index contributed by atoms with van der Waals surface area (Å²) in [6.07, 6.45) is 0. The van der Waals surface area contributed by atoms with Crippen molar-refractivity contribution >= 4 is 23.2 Å². The Labute approximate surface area is 105 Å². The summed E-state index contributed by atoms with van der Waals surface area (Å²) in [6.45, 7) is 2.10. The summed E-state index contributed by atoms with van der Waals surface area (Å²) in [6, 6.07) is 5.57. The molecule has 2 atom stereocenters. The second-order valence-electron chi connectivity index (χ2n) is 4.71. The van der Waals surface area contributed by atoms with Crippen LogP contribution < -0.4 is 16.4 Å². The van der Waals surface area contributed by atoms with Crippen molar-refractivity contribution in [3.8, 4) is 0 Å². The van der Waals surface area contributed by atoms with E-state index in [1.54, 1.807) is 18.2 Å². The number of fused-ring (bicyclic) bond motifs is 1. The van der Waals surface area contributed by atoms with E-state index in [1.807, 2.05) is 0 Å². The molecule has 0 bridgehead atoms. The van der Waals surface area contributed by atoms with Crippen molar-refractivity contribution in [2.45, 2.75) is 6.04 Å². The first-order chi connectivity index (χ1) is 8.16. The van der Waals surface area contributed by atoms with Crippen LogP contribution in [0.15, 0.2) is 18.2 Å². The van der Waals surface area contributed by atoms with Gasteiger partial charge in [-0.25, -0.2) is 0 Å². The van der Waals surface area contributed by atoms with Crippen molar-refractivity contribution in [1.82, 2.24) is 5.32 Å². The molecule has 0 aromatic heterocycles. The van der Waals surface area contributed by atoms with Crippen LogP contribution in [0.25, 0.3) is 0 Å². The number of nitrogens with one attached hydrogen (secondary N) is 2. The SMILES string of the molecule is NC(=O)c1ccc(Cl)cc1NC1C2CNCC21. The van der Waals surface area contributed by atoms with Gasteiger partial charge >= 0.3 is 0 Å². The third-order valence-electron chi connectivity index (χ3n) is 3.66. The van der Waals surface area contributed by atoms with Crippen LogP contribution in [-0.4, -0.2) is 25.0 Å². The Morgan fingerprint density at radius 2 is 2.12 bits per heavy atom. The Balaban J connectivity index is 1.82. The molecule has 3 rings (SSSR count). The number of primary amides is 1. The van der Waals surface area contributed by atoms with E-state index in [0.29, 0.717) is 28.5 Å². The Morgan fingerprint density at radius 3 is 2.76 bits per heavy atom. The number of carbonyl (C=O) groups excluding carboxylic acids is 1. The van der Waals surface area contributed by atoms with Gasteiger partial charge in [-0.3, -0.25) is 4.79 Å². The highest BCUT2D eigenvalue weighted by Crippen LogP contribution is 2.44. The average molecular weight is 252 g/mol. The van der Waals surface area contributed by atoms with Crippen LogP contribution >= 0.6 is 11.6 Å². The minimum absolute atomic E-state index is 0.423. The van der Waals surface area contributed by atoms with E-state index in [-0.39, 0.29) is 0 Å². The number of amides is 1. The molecular formula is C12H14ClN3O. The van der Waals surface area contributed by atoms with E-state index in [0.717, 1.165) is 18.8 Å². The van der Waals surface area contributed by atoms with Crippen LogP contribution in [0, 0.1) is 11.8 Å².